The molecule has 0 amide bonds. The topological polar surface area (TPSA) is 391 Å². The van der Waals surface area contributed by atoms with Crippen LogP contribution in [0.5, 0.6) is 0 Å². The molecular formula is C64H114B8O30P4S4-6. The van der Waals surface area contributed by atoms with Gasteiger partial charge in [0.05, 0.1) is 165 Å². The fourth-order valence-electron chi connectivity index (χ4n) is 11.7. The average Bonchev–Trinajstić information content (AvgIpc) is 1.66. The summed E-state index contributed by atoms with van der Waals surface area (Å²) >= 11 is 9.98. The summed E-state index contributed by atoms with van der Waals surface area (Å²) in [6.07, 6.45) is -0.823. The van der Waals surface area contributed by atoms with E-state index in [1.165, 1.54) is 0 Å². The fourth-order valence-corrected chi connectivity index (χ4v) is 19.3. The van der Waals surface area contributed by atoms with Crippen LogP contribution < -0.4 is 29.4 Å². The van der Waals surface area contributed by atoms with Crippen LogP contribution in [0.15, 0.2) is 0 Å². The van der Waals surface area contributed by atoms with Gasteiger partial charge in [0.25, 0.3) is 0 Å². The lowest BCUT2D eigenvalue weighted by Gasteiger charge is -2.33. The maximum atomic E-state index is 12.4. The van der Waals surface area contributed by atoms with Crippen molar-refractivity contribution in [3.8, 4) is 0 Å². The summed E-state index contributed by atoms with van der Waals surface area (Å²) < 4.78 is 153. The first-order chi connectivity index (χ1) is 50.9. The van der Waals surface area contributed by atoms with Gasteiger partial charge in [-0.3, -0.25) is 9.13 Å². The Bertz CT molecular complexity index is 2620. The molecule has 46 heteroatoms. The Morgan fingerprint density at radius 3 is 0.991 bits per heavy atom. The predicted octanol–water partition coefficient (Wildman–Crippen LogP) is 2.52. The van der Waals surface area contributed by atoms with Gasteiger partial charge in [-0.15, -0.1) is 0 Å². The third-order valence-corrected chi connectivity index (χ3v) is 24.4. The molecule has 8 aliphatic heterocycles. The summed E-state index contributed by atoms with van der Waals surface area (Å²) in [5, 5.41) is -0.129. The van der Waals surface area contributed by atoms with E-state index in [9.17, 15) is 47.6 Å². The van der Waals surface area contributed by atoms with Crippen LogP contribution in [0.4, 0.5) is 0 Å². The van der Waals surface area contributed by atoms with Crippen molar-refractivity contribution in [2.45, 2.75) is 355 Å². The summed E-state index contributed by atoms with van der Waals surface area (Å²) in [7, 11) is 35.5. The summed E-state index contributed by atoms with van der Waals surface area (Å²) in [6, 6.07) is -3.50. The molecule has 16 radical (unpaired) electrons. The van der Waals surface area contributed by atoms with Crippen molar-refractivity contribution in [2.24, 2.45) is 0 Å². The molecule has 0 bridgehead atoms. The van der Waals surface area contributed by atoms with Crippen molar-refractivity contribution in [1.82, 2.24) is 0 Å². The summed E-state index contributed by atoms with van der Waals surface area (Å²) in [5.74, 6) is 0.851. The molecule has 26 atom stereocenters. The van der Waals surface area contributed by atoms with Gasteiger partial charge in [-0.25, -0.2) is 0 Å². The maximum Gasteiger partial charge on any atom is 0.192 e. The Kier molecular flexibility index (Phi) is 50.4. The Morgan fingerprint density at radius 2 is 0.636 bits per heavy atom. The van der Waals surface area contributed by atoms with E-state index in [1.54, 1.807) is 0 Å². The second kappa shape index (κ2) is 52.3. The molecule has 2 unspecified atom stereocenters. The second-order valence-electron chi connectivity index (χ2n) is 29.4. The van der Waals surface area contributed by atoms with Crippen molar-refractivity contribution in [3.05, 3.63) is 0 Å². The Hall–Kier alpha value is 1.80. The summed E-state index contributed by atoms with van der Waals surface area (Å²) in [4.78, 5) is 66.5. The van der Waals surface area contributed by atoms with Gasteiger partial charge in [0, 0.05) is 70.0 Å². The number of thiol groups is 2. The third-order valence-electron chi connectivity index (χ3n) is 16.2. The minimum absolute atomic E-state index is 0.00104. The molecule has 0 N–H and O–H groups in total. The second-order valence-corrected chi connectivity index (χ2v) is 40.4. The standard InChI is InChI=1S/2C16H29B2O7PS.2C8H16BO6P.2C8H15BO2S/c1-9(2)21-7-13-14(6-16(18)25-13)27-26(19,20)22-8-12-11(23-10(3)4)5-15(17)24-12;1-9(2)21-7-13-12(6-16(18)23-13)25-26(19,20)27-8-14-11(22-10(3)4)5-15(17)24-14;1-5(2)14-6-3-8(9)15-7(6)4-13-16(10,11)12;1-5(2)13-4-7-6(3-8(9)14-7)15-16(10,11)12;1-5(2)10-4-6-7(12)3-8(9)11-6;1-5(2)10-6-3-8(9)11-7(6)4-12/h2*9-16H,5-8H2,1-4H3,(H,19,20);2*5-8H,3-4H2,1-2H3,(H2,10,11,12);2*5-8,12H,3-4H2,1-2H3/p-6/t2*11-,12-,13-,14-,15-,16-;4*6-,7-,8-/m111111/s1. The lowest BCUT2D eigenvalue weighted by Crippen LogP contribution is -2.32. The van der Waals surface area contributed by atoms with Crippen LogP contribution >= 0.6 is 77.3 Å². The van der Waals surface area contributed by atoms with Crippen LogP contribution in [0.3, 0.4) is 0 Å². The molecule has 624 valence electrons. The SMILES string of the molecule is [B][C@H]1C[C@@H](OC(C)C)[C@@H](COP(=O)([O-])S[C@@H]2C[C@H]([B])O[C@@H]2COC(C)C)O1.[B][C@H]1C[C@@H](OC(C)C)[C@@H](COP(=O)([O-])[O-])O1.[B][C@H]1C[C@@H](OC(C)C)[C@@H](CS)O1.[B][C@H]1C[C@@H](OC(C)C)[C@@H](CSP(=O)([O-])O[C@@H]2C[C@H]([B])O[C@@H]2COC(C)C)O1.[B][C@H]1C[C@@H](OP(=O)([O-])[O-])[C@@H](COC(C)C)O1.[B][C@H]1C[C@@H](S)[C@@H](COC(C)C)O1. The number of phosphoric ester groups is 2. The van der Waals surface area contributed by atoms with Crippen molar-refractivity contribution >= 4 is 140 Å². The highest BCUT2D eigenvalue weighted by Crippen LogP contribution is 2.57. The molecule has 8 rings (SSSR count). The molecule has 0 aromatic rings. The van der Waals surface area contributed by atoms with Crippen LogP contribution in [-0.4, -0.2) is 307 Å². The fraction of sp³-hybridized carbons (Fsp3) is 1.00. The van der Waals surface area contributed by atoms with Crippen molar-refractivity contribution in [2.75, 3.05) is 51.1 Å². The van der Waals surface area contributed by atoms with Gasteiger partial charge in [0.2, 0.25) is 0 Å². The van der Waals surface area contributed by atoms with Gasteiger partial charge in [-0.1, -0.05) is 22.8 Å². The predicted molar refractivity (Wildman–Crippen MR) is 419 cm³/mol. The summed E-state index contributed by atoms with van der Waals surface area (Å²) in [6.45, 7) is 23.0. The Balaban J connectivity index is 0.000000353. The van der Waals surface area contributed by atoms with E-state index in [1.807, 2.05) is 111 Å². The highest BCUT2D eigenvalue weighted by atomic mass is 32.7. The third kappa shape index (κ3) is 45.6. The maximum absolute atomic E-state index is 12.4. The smallest absolute Gasteiger partial charge is 0.192 e. The highest BCUT2D eigenvalue weighted by Gasteiger charge is 2.43. The van der Waals surface area contributed by atoms with Gasteiger partial charge in [-0.05, 0) is 162 Å². The molecule has 8 aliphatic rings. The van der Waals surface area contributed by atoms with Gasteiger partial charge < -0.3 is 132 Å². The zero-order chi connectivity index (χ0) is 83.3. The van der Waals surface area contributed by atoms with E-state index in [4.69, 9.17) is 148 Å². The number of hydrogen-bond acceptors (Lipinski definition) is 34. The van der Waals surface area contributed by atoms with Crippen LogP contribution in [0.2, 0.25) is 0 Å². The first-order valence-corrected chi connectivity index (χ1v) is 47.4. The van der Waals surface area contributed by atoms with E-state index >= 15 is 0 Å². The molecule has 30 nitrogen and oxygen atoms in total. The van der Waals surface area contributed by atoms with E-state index in [0.29, 0.717) is 55.8 Å². The number of hydrogen-bond donors (Lipinski definition) is 2. The molecule has 0 aromatic heterocycles. The van der Waals surface area contributed by atoms with Crippen molar-refractivity contribution in [1.29, 1.82) is 0 Å². The van der Waals surface area contributed by atoms with Crippen LogP contribution in [0.1, 0.15) is 162 Å². The molecule has 0 aliphatic carbocycles. The lowest BCUT2D eigenvalue weighted by molar-refractivity contribution is -0.346. The largest absolute Gasteiger partial charge is 0.790 e. The Labute approximate surface area is 683 Å². The quantitative estimate of drug-likeness (QED) is 0.0517. The van der Waals surface area contributed by atoms with Crippen LogP contribution in [0, 0.1) is 0 Å². The zero-order valence-corrected chi connectivity index (χ0v) is 73.2. The van der Waals surface area contributed by atoms with Gasteiger partial charge >= 0.3 is 0 Å². The lowest BCUT2D eigenvalue weighted by atomic mass is 9.96. The van der Waals surface area contributed by atoms with E-state index in [-0.39, 0.29) is 153 Å². The number of phosphoric acid groups is 2. The van der Waals surface area contributed by atoms with Crippen LogP contribution in [-0.2, 0) is 112 Å². The molecule has 0 saturated carbocycles. The normalized spacial score (nSPS) is 34.9. The minimum Gasteiger partial charge on any atom is -0.790 e. The minimum atomic E-state index is -5.02. The average molecular weight is 1700 g/mol. The van der Waals surface area contributed by atoms with E-state index < -0.39 is 114 Å². The first kappa shape index (κ1) is 106. The van der Waals surface area contributed by atoms with E-state index in [2.05, 4.69) is 34.3 Å². The highest BCUT2D eigenvalue weighted by molar-refractivity contribution is 8.54. The van der Waals surface area contributed by atoms with E-state index in [0.717, 1.165) is 24.2 Å². The zero-order valence-electron chi connectivity index (χ0n) is 66.2. The van der Waals surface area contributed by atoms with Crippen LogP contribution in [0.25, 0.3) is 0 Å². The summed E-state index contributed by atoms with van der Waals surface area (Å²) in [5.41, 5.74) is 0. The number of ether oxygens (including phenoxy) is 16. The first-order valence-electron chi connectivity index (χ1n) is 37.2. The molecule has 0 spiro atoms. The number of rotatable bonds is 36. The van der Waals surface area contributed by atoms with Gasteiger partial charge in [-0.2, -0.15) is 25.3 Å². The molecule has 0 aromatic carbocycles. The Morgan fingerprint density at radius 1 is 0.345 bits per heavy atom. The molecule has 8 heterocycles. The molecule has 8 fully saturated rings. The molecule has 8 saturated heterocycles. The molecule has 110 heavy (non-hydrogen) atoms. The van der Waals surface area contributed by atoms with Gasteiger partial charge in [0.15, 0.2) is 13.6 Å². The van der Waals surface area contributed by atoms with Gasteiger partial charge in [0.1, 0.15) is 87.2 Å². The van der Waals surface area contributed by atoms with Crippen molar-refractivity contribution < 1.29 is 142 Å². The monoisotopic (exact) mass is 1700 g/mol. The van der Waals surface area contributed by atoms with Crippen molar-refractivity contribution in [3.63, 3.8) is 0 Å². The molecular weight excluding hydrogens is 1590 g/mol.